The fourth-order valence-corrected chi connectivity index (χ4v) is 3.74. The summed E-state index contributed by atoms with van der Waals surface area (Å²) >= 11 is 0. The zero-order valence-corrected chi connectivity index (χ0v) is 16.5. The minimum absolute atomic E-state index is 0.232. The number of fused-ring (bicyclic) bond motifs is 1. The number of rotatable bonds is 5. The Hall–Kier alpha value is -2.93. The molecule has 7 nitrogen and oxygen atoms in total. The lowest BCUT2D eigenvalue weighted by atomic mass is 10.2. The van der Waals surface area contributed by atoms with Gasteiger partial charge in [0.25, 0.3) is 5.91 Å². The highest BCUT2D eigenvalue weighted by Gasteiger charge is 2.26. The summed E-state index contributed by atoms with van der Waals surface area (Å²) in [5, 5.41) is 7.49. The Kier molecular flexibility index (Phi) is 5.00. The normalized spacial score (nSPS) is 16.7. The van der Waals surface area contributed by atoms with Gasteiger partial charge in [0.15, 0.2) is 0 Å². The zero-order chi connectivity index (χ0) is 19.7. The Bertz CT molecular complexity index is 978. The SMILES string of the molecule is CNC(=O)c1nc(C)c(C)c(N2CC[C@@H](NCc3cc4ccccc4[nH]3)C2)n1. The van der Waals surface area contributed by atoms with Crippen molar-refractivity contribution in [1.29, 1.82) is 0 Å². The second-order valence-electron chi connectivity index (χ2n) is 7.35. The highest BCUT2D eigenvalue weighted by atomic mass is 16.2. The average molecular weight is 378 g/mol. The van der Waals surface area contributed by atoms with Crippen molar-refractivity contribution in [2.24, 2.45) is 0 Å². The summed E-state index contributed by atoms with van der Waals surface area (Å²) in [5.41, 5.74) is 4.23. The Balaban J connectivity index is 1.44. The van der Waals surface area contributed by atoms with Crippen LogP contribution in [0.2, 0.25) is 0 Å². The summed E-state index contributed by atoms with van der Waals surface area (Å²) in [4.78, 5) is 26.5. The van der Waals surface area contributed by atoms with Crippen LogP contribution in [0.1, 0.15) is 34.0 Å². The lowest BCUT2D eigenvalue weighted by Gasteiger charge is -2.21. The summed E-state index contributed by atoms with van der Waals surface area (Å²) < 4.78 is 0. The van der Waals surface area contributed by atoms with Crippen LogP contribution in [0, 0.1) is 13.8 Å². The molecule has 2 aromatic heterocycles. The Morgan fingerprint density at radius 2 is 2.11 bits per heavy atom. The monoisotopic (exact) mass is 378 g/mol. The molecule has 0 aliphatic carbocycles. The van der Waals surface area contributed by atoms with Gasteiger partial charge in [-0.1, -0.05) is 18.2 Å². The molecule has 1 saturated heterocycles. The van der Waals surface area contributed by atoms with Gasteiger partial charge < -0.3 is 20.5 Å². The highest BCUT2D eigenvalue weighted by Crippen LogP contribution is 2.24. The topological polar surface area (TPSA) is 85.9 Å². The van der Waals surface area contributed by atoms with Crippen LogP contribution in [-0.2, 0) is 6.54 Å². The molecule has 3 heterocycles. The van der Waals surface area contributed by atoms with E-state index >= 15 is 0 Å². The molecule has 1 atom stereocenters. The first-order valence-corrected chi connectivity index (χ1v) is 9.67. The molecule has 1 amide bonds. The van der Waals surface area contributed by atoms with Crippen molar-refractivity contribution < 1.29 is 4.79 Å². The summed E-state index contributed by atoms with van der Waals surface area (Å²) in [5.74, 6) is 0.841. The summed E-state index contributed by atoms with van der Waals surface area (Å²) in [6.45, 7) is 6.52. The van der Waals surface area contributed by atoms with Gasteiger partial charge in [-0.3, -0.25) is 4.79 Å². The maximum Gasteiger partial charge on any atom is 0.288 e. The van der Waals surface area contributed by atoms with Crippen LogP contribution < -0.4 is 15.5 Å². The molecule has 1 fully saturated rings. The van der Waals surface area contributed by atoms with E-state index in [2.05, 4.69) is 54.8 Å². The molecule has 1 aromatic carbocycles. The largest absolute Gasteiger partial charge is 0.357 e. The first kappa shape index (κ1) is 18.4. The standard InChI is InChI=1S/C21H26N6O/c1-13-14(2)24-19(21(28)22-3)26-20(13)27-9-8-16(12-27)23-11-17-10-15-6-4-5-7-18(15)25-17/h4-7,10,16,23,25H,8-9,11-12H2,1-3H3,(H,22,28)/t16-/m1/s1. The fraction of sp³-hybridized carbons (Fsp3) is 0.381. The van der Waals surface area contributed by atoms with Crippen LogP contribution in [0.15, 0.2) is 30.3 Å². The van der Waals surface area contributed by atoms with E-state index in [0.717, 1.165) is 43.1 Å². The third-order valence-corrected chi connectivity index (χ3v) is 5.45. The molecule has 0 radical (unpaired) electrons. The van der Waals surface area contributed by atoms with Crippen molar-refractivity contribution in [3.63, 3.8) is 0 Å². The average Bonchev–Trinajstić information content (AvgIpc) is 3.34. The zero-order valence-electron chi connectivity index (χ0n) is 16.5. The van der Waals surface area contributed by atoms with Crippen molar-refractivity contribution in [2.75, 3.05) is 25.0 Å². The van der Waals surface area contributed by atoms with Gasteiger partial charge in [0.05, 0.1) is 0 Å². The minimum Gasteiger partial charge on any atom is -0.357 e. The lowest BCUT2D eigenvalue weighted by Crippen LogP contribution is -2.33. The fourth-order valence-electron chi connectivity index (χ4n) is 3.74. The Morgan fingerprint density at radius 1 is 1.29 bits per heavy atom. The first-order valence-electron chi connectivity index (χ1n) is 9.67. The van der Waals surface area contributed by atoms with Crippen LogP contribution in [0.3, 0.4) is 0 Å². The van der Waals surface area contributed by atoms with Gasteiger partial charge in [0.1, 0.15) is 5.82 Å². The maximum atomic E-state index is 12.0. The molecule has 28 heavy (non-hydrogen) atoms. The number of nitrogens with zero attached hydrogens (tertiary/aromatic N) is 3. The number of para-hydroxylation sites is 1. The molecule has 4 rings (SSSR count). The quantitative estimate of drug-likeness (QED) is 0.634. The first-order chi connectivity index (χ1) is 13.5. The molecule has 3 N–H and O–H groups in total. The van der Waals surface area contributed by atoms with Crippen molar-refractivity contribution >= 4 is 22.6 Å². The second-order valence-corrected chi connectivity index (χ2v) is 7.35. The van der Waals surface area contributed by atoms with Crippen LogP contribution in [0.5, 0.6) is 0 Å². The molecule has 0 spiro atoms. The van der Waals surface area contributed by atoms with Crippen LogP contribution in [0.4, 0.5) is 5.82 Å². The lowest BCUT2D eigenvalue weighted by molar-refractivity contribution is 0.0952. The summed E-state index contributed by atoms with van der Waals surface area (Å²) in [6.07, 6.45) is 1.04. The van der Waals surface area contributed by atoms with Gasteiger partial charge in [-0.15, -0.1) is 0 Å². The number of carbonyl (C=O) groups is 1. The number of hydrogen-bond acceptors (Lipinski definition) is 5. The maximum absolute atomic E-state index is 12.0. The molecule has 1 aliphatic rings. The van der Waals surface area contributed by atoms with Gasteiger partial charge in [-0.05, 0) is 37.8 Å². The number of amides is 1. The number of hydrogen-bond donors (Lipinski definition) is 3. The van der Waals surface area contributed by atoms with Crippen LogP contribution in [-0.4, -0.2) is 47.0 Å². The van der Waals surface area contributed by atoms with E-state index in [0.29, 0.717) is 6.04 Å². The summed E-state index contributed by atoms with van der Waals surface area (Å²) in [7, 11) is 1.60. The Morgan fingerprint density at radius 3 is 2.89 bits per heavy atom. The second kappa shape index (κ2) is 7.59. The van der Waals surface area contributed by atoms with E-state index in [-0.39, 0.29) is 11.7 Å². The van der Waals surface area contributed by atoms with Gasteiger partial charge >= 0.3 is 0 Å². The van der Waals surface area contributed by atoms with Crippen LogP contribution in [0.25, 0.3) is 10.9 Å². The predicted molar refractivity (Wildman–Crippen MR) is 111 cm³/mol. The van der Waals surface area contributed by atoms with E-state index in [1.807, 2.05) is 19.9 Å². The van der Waals surface area contributed by atoms with Gasteiger partial charge in [-0.2, -0.15) is 0 Å². The minimum atomic E-state index is -0.253. The molecule has 0 bridgehead atoms. The predicted octanol–water partition coefficient (Wildman–Crippen LogP) is 2.30. The van der Waals surface area contributed by atoms with Gasteiger partial charge in [0, 0.05) is 55.2 Å². The third-order valence-electron chi connectivity index (χ3n) is 5.45. The molecule has 1 aliphatic heterocycles. The molecule has 146 valence electrons. The molecule has 3 aromatic rings. The number of aryl methyl sites for hydroxylation is 1. The number of aromatic nitrogens is 3. The Labute approximate surface area is 164 Å². The van der Waals surface area contributed by atoms with Crippen molar-refractivity contribution in [3.05, 3.63) is 53.1 Å². The number of benzene rings is 1. The van der Waals surface area contributed by atoms with E-state index in [9.17, 15) is 4.79 Å². The van der Waals surface area contributed by atoms with E-state index < -0.39 is 0 Å². The third kappa shape index (κ3) is 3.57. The van der Waals surface area contributed by atoms with Gasteiger partial charge in [-0.25, -0.2) is 9.97 Å². The number of aromatic amines is 1. The summed E-state index contributed by atoms with van der Waals surface area (Å²) in [6, 6.07) is 10.9. The van der Waals surface area contributed by atoms with Crippen LogP contribution >= 0.6 is 0 Å². The van der Waals surface area contributed by atoms with Gasteiger partial charge in [0.2, 0.25) is 5.82 Å². The smallest absolute Gasteiger partial charge is 0.288 e. The molecule has 0 unspecified atom stereocenters. The number of carbonyl (C=O) groups excluding carboxylic acids is 1. The molecular weight excluding hydrogens is 352 g/mol. The van der Waals surface area contributed by atoms with E-state index in [1.165, 1.54) is 16.6 Å². The van der Waals surface area contributed by atoms with Crippen molar-refractivity contribution in [3.8, 4) is 0 Å². The molecule has 7 heteroatoms. The molecular formula is C21H26N6O. The molecule has 0 saturated carbocycles. The number of H-pyrrole nitrogens is 1. The van der Waals surface area contributed by atoms with E-state index in [4.69, 9.17) is 0 Å². The van der Waals surface area contributed by atoms with E-state index in [1.54, 1.807) is 7.05 Å². The van der Waals surface area contributed by atoms with Crippen molar-refractivity contribution in [2.45, 2.75) is 32.9 Å². The number of anilines is 1. The highest BCUT2D eigenvalue weighted by molar-refractivity contribution is 5.90. The number of nitrogens with one attached hydrogen (secondary N) is 3. The van der Waals surface area contributed by atoms with Crippen molar-refractivity contribution in [1.82, 2.24) is 25.6 Å².